The standard InChI is InChI=1S/C35H37Cl2FN4O5/c1-20-18-21(11-14-25(20)38)31-30(39-27-9-6-10-28(45-5)42(27)31)33(43)41(26-19-46-32-23(26)12-13-24(36)29(32)37)17-15-22-8-7-16-40(22)34(44)47-35(2,3)4/h6,9-14,18,22,26H,7-8,15-17,19H2,1-5H3/t22-,26?/m0/s1. The largest absolute Gasteiger partial charge is 0.489 e. The number of carbonyl (C=O) groups is 2. The summed E-state index contributed by atoms with van der Waals surface area (Å²) in [6, 6.07) is 12.9. The Morgan fingerprint density at radius 3 is 2.66 bits per heavy atom. The molecule has 2 aromatic carbocycles. The predicted molar refractivity (Wildman–Crippen MR) is 178 cm³/mol. The summed E-state index contributed by atoms with van der Waals surface area (Å²) in [5, 5.41) is 0.634. The Kier molecular flexibility index (Phi) is 9.02. The molecule has 2 amide bonds. The summed E-state index contributed by atoms with van der Waals surface area (Å²) < 4.78 is 33.6. The van der Waals surface area contributed by atoms with Gasteiger partial charge in [-0.3, -0.25) is 9.20 Å². The Labute approximate surface area is 283 Å². The molecule has 0 radical (unpaired) electrons. The fourth-order valence-electron chi connectivity index (χ4n) is 6.42. The van der Waals surface area contributed by atoms with Crippen LogP contribution < -0.4 is 9.47 Å². The van der Waals surface area contributed by atoms with Crippen molar-refractivity contribution in [3.63, 3.8) is 0 Å². The van der Waals surface area contributed by atoms with Crippen molar-refractivity contribution >= 4 is 40.8 Å². The molecule has 1 unspecified atom stereocenters. The number of nitrogens with zero attached hydrogens (tertiary/aromatic N) is 4. The minimum absolute atomic E-state index is 0.129. The number of hydrogen-bond donors (Lipinski definition) is 0. The first kappa shape index (κ1) is 32.9. The van der Waals surface area contributed by atoms with E-state index in [4.69, 9.17) is 42.4 Å². The molecule has 2 aromatic heterocycles. The molecule has 4 aromatic rings. The number of carbonyl (C=O) groups excluding carboxylic acids is 2. The SMILES string of the molecule is COc1cccc2nc(C(=O)N(CC[C@@H]3CCCN3C(=O)OC(C)(C)C)C3COc4c3ccc(Cl)c4Cl)c(-c3ccc(F)c(C)c3)n12. The third-order valence-electron chi connectivity index (χ3n) is 8.62. The number of amides is 2. The average molecular weight is 684 g/mol. The Hall–Kier alpha value is -4.02. The van der Waals surface area contributed by atoms with Gasteiger partial charge >= 0.3 is 6.09 Å². The Bertz CT molecular complexity index is 1860. The molecule has 6 rings (SSSR count). The van der Waals surface area contributed by atoms with Gasteiger partial charge in [-0.25, -0.2) is 14.2 Å². The first-order valence-electron chi connectivity index (χ1n) is 15.6. The summed E-state index contributed by atoms with van der Waals surface area (Å²) >= 11 is 12.8. The van der Waals surface area contributed by atoms with Crippen LogP contribution >= 0.6 is 23.2 Å². The van der Waals surface area contributed by atoms with E-state index in [1.807, 2.05) is 26.8 Å². The Morgan fingerprint density at radius 2 is 1.94 bits per heavy atom. The van der Waals surface area contributed by atoms with Crippen molar-refractivity contribution in [2.45, 2.75) is 64.6 Å². The third-order valence-corrected chi connectivity index (χ3v) is 9.41. The molecule has 0 aliphatic carbocycles. The van der Waals surface area contributed by atoms with Crippen LogP contribution in [0.1, 0.15) is 67.7 Å². The van der Waals surface area contributed by atoms with E-state index in [9.17, 15) is 14.0 Å². The van der Waals surface area contributed by atoms with Crippen molar-refractivity contribution in [1.29, 1.82) is 0 Å². The second-order valence-electron chi connectivity index (χ2n) is 12.9. The van der Waals surface area contributed by atoms with Gasteiger partial charge in [-0.1, -0.05) is 35.3 Å². The first-order chi connectivity index (χ1) is 22.4. The zero-order valence-corrected chi connectivity index (χ0v) is 28.5. The molecule has 2 atom stereocenters. The highest BCUT2D eigenvalue weighted by Gasteiger charge is 2.39. The number of fused-ring (bicyclic) bond motifs is 2. The number of aryl methyl sites for hydroxylation is 1. The number of benzene rings is 2. The van der Waals surface area contributed by atoms with Crippen molar-refractivity contribution in [3.05, 3.63) is 81.2 Å². The number of likely N-dealkylation sites (tertiary alicyclic amines) is 1. The van der Waals surface area contributed by atoms with Crippen LogP contribution in [0.25, 0.3) is 16.9 Å². The Balaban J connectivity index is 1.43. The van der Waals surface area contributed by atoms with Crippen molar-refractivity contribution < 1.29 is 28.2 Å². The van der Waals surface area contributed by atoms with Crippen LogP contribution in [0.5, 0.6) is 11.6 Å². The third kappa shape index (κ3) is 6.33. The molecule has 0 saturated carbocycles. The van der Waals surface area contributed by atoms with Crippen LogP contribution in [0.4, 0.5) is 9.18 Å². The van der Waals surface area contributed by atoms with Crippen LogP contribution in [0.3, 0.4) is 0 Å². The van der Waals surface area contributed by atoms with Crippen molar-refractivity contribution in [2.24, 2.45) is 0 Å². The summed E-state index contributed by atoms with van der Waals surface area (Å²) in [5.74, 6) is 0.184. The van der Waals surface area contributed by atoms with Crippen LogP contribution in [-0.4, -0.2) is 69.6 Å². The quantitative estimate of drug-likeness (QED) is 0.196. The molecule has 47 heavy (non-hydrogen) atoms. The van der Waals surface area contributed by atoms with Gasteiger partial charge in [0.05, 0.1) is 23.9 Å². The van der Waals surface area contributed by atoms with Gasteiger partial charge in [0.2, 0.25) is 0 Å². The molecule has 2 aliphatic heterocycles. The number of ether oxygens (including phenoxy) is 3. The van der Waals surface area contributed by atoms with Crippen molar-refractivity contribution in [2.75, 3.05) is 26.8 Å². The van der Waals surface area contributed by atoms with E-state index in [0.717, 1.165) is 18.4 Å². The van der Waals surface area contributed by atoms with Gasteiger partial charge in [-0.05, 0) is 88.9 Å². The number of pyridine rings is 1. The van der Waals surface area contributed by atoms with Crippen molar-refractivity contribution in [1.82, 2.24) is 19.2 Å². The molecule has 0 bridgehead atoms. The topological polar surface area (TPSA) is 85.6 Å². The van der Waals surface area contributed by atoms with Crippen LogP contribution in [-0.2, 0) is 4.74 Å². The normalized spacial score (nSPS) is 17.5. The smallest absolute Gasteiger partial charge is 0.410 e. The molecule has 0 N–H and O–H groups in total. The van der Waals surface area contributed by atoms with E-state index in [1.165, 1.54) is 6.07 Å². The zero-order chi connectivity index (χ0) is 33.6. The average Bonchev–Trinajstić information content (AvgIpc) is 3.77. The minimum atomic E-state index is -0.628. The number of halogens is 3. The maximum atomic E-state index is 14.9. The van der Waals surface area contributed by atoms with Crippen LogP contribution in [0.2, 0.25) is 10.0 Å². The molecule has 1 fully saturated rings. The van der Waals surface area contributed by atoms with Gasteiger partial charge in [0.1, 0.15) is 34.4 Å². The molecule has 4 heterocycles. The summed E-state index contributed by atoms with van der Waals surface area (Å²) in [5.41, 5.74) is 2.27. The molecule has 0 spiro atoms. The van der Waals surface area contributed by atoms with Gasteiger partial charge in [-0.15, -0.1) is 0 Å². The molecule has 12 heteroatoms. The van der Waals surface area contributed by atoms with Gasteiger partial charge in [0.25, 0.3) is 5.91 Å². The zero-order valence-electron chi connectivity index (χ0n) is 27.0. The second kappa shape index (κ2) is 12.9. The summed E-state index contributed by atoms with van der Waals surface area (Å²) in [6.07, 6.45) is 1.75. The molecular formula is C35H37Cl2FN4O5. The summed E-state index contributed by atoms with van der Waals surface area (Å²) in [6.45, 7) is 8.22. The highest BCUT2D eigenvalue weighted by molar-refractivity contribution is 6.43. The molecule has 2 aliphatic rings. The molecule has 1 saturated heterocycles. The summed E-state index contributed by atoms with van der Waals surface area (Å²) in [7, 11) is 1.54. The van der Waals surface area contributed by atoms with Gasteiger partial charge in [0.15, 0.2) is 11.6 Å². The van der Waals surface area contributed by atoms with E-state index in [1.54, 1.807) is 64.6 Å². The first-order valence-corrected chi connectivity index (χ1v) is 16.4. The van der Waals surface area contributed by atoms with Crippen molar-refractivity contribution in [3.8, 4) is 22.9 Å². The van der Waals surface area contributed by atoms with Gasteiger partial charge < -0.3 is 24.0 Å². The van der Waals surface area contributed by atoms with E-state index in [2.05, 4.69) is 0 Å². The number of aromatic nitrogens is 2. The Morgan fingerprint density at radius 1 is 1.15 bits per heavy atom. The maximum absolute atomic E-state index is 14.9. The number of rotatable bonds is 7. The van der Waals surface area contributed by atoms with E-state index in [-0.39, 0.29) is 47.7 Å². The van der Waals surface area contributed by atoms with E-state index >= 15 is 0 Å². The van der Waals surface area contributed by atoms with E-state index in [0.29, 0.717) is 52.1 Å². The minimum Gasteiger partial charge on any atom is -0.489 e. The summed E-state index contributed by atoms with van der Waals surface area (Å²) in [4.78, 5) is 36.3. The predicted octanol–water partition coefficient (Wildman–Crippen LogP) is 8.13. The molecule has 248 valence electrons. The van der Waals surface area contributed by atoms with Gasteiger partial charge in [0, 0.05) is 30.3 Å². The number of hydrogen-bond acceptors (Lipinski definition) is 6. The maximum Gasteiger partial charge on any atom is 0.410 e. The molecular weight excluding hydrogens is 646 g/mol. The highest BCUT2D eigenvalue weighted by atomic mass is 35.5. The lowest BCUT2D eigenvalue weighted by Crippen LogP contribution is -2.43. The monoisotopic (exact) mass is 682 g/mol. The lowest BCUT2D eigenvalue weighted by atomic mass is 10.0. The van der Waals surface area contributed by atoms with E-state index < -0.39 is 11.6 Å². The van der Waals surface area contributed by atoms with Crippen LogP contribution in [0, 0.1) is 12.7 Å². The van der Waals surface area contributed by atoms with Gasteiger partial charge in [-0.2, -0.15) is 0 Å². The second-order valence-corrected chi connectivity index (χ2v) is 13.7. The lowest BCUT2D eigenvalue weighted by Gasteiger charge is -2.32. The number of imidazole rings is 1. The highest BCUT2D eigenvalue weighted by Crippen LogP contribution is 2.45. The fourth-order valence-corrected chi connectivity index (χ4v) is 6.79. The van der Waals surface area contributed by atoms with Crippen LogP contribution in [0.15, 0.2) is 48.5 Å². The fraction of sp³-hybridized carbons (Fsp3) is 0.400. The molecule has 9 nitrogen and oxygen atoms in total. The number of methoxy groups -OCH3 is 1. The lowest BCUT2D eigenvalue weighted by molar-refractivity contribution is 0.0208.